The van der Waals surface area contributed by atoms with Crippen molar-refractivity contribution in [1.82, 2.24) is 9.88 Å². The van der Waals surface area contributed by atoms with Crippen LogP contribution < -0.4 is 5.32 Å². The maximum atomic E-state index is 6.34. The van der Waals surface area contributed by atoms with Crippen molar-refractivity contribution in [2.24, 2.45) is 0 Å². The van der Waals surface area contributed by atoms with E-state index in [4.69, 9.17) is 11.6 Å². The van der Waals surface area contributed by atoms with Gasteiger partial charge in [0, 0.05) is 47.7 Å². The molecule has 3 heteroatoms. The van der Waals surface area contributed by atoms with Gasteiger partial charge in [-0.1, -0.05) is 41.9 Å². The van der Waals surface area contributed by atoms with Crippen molar-refractivity contribution >= 4 is 22.5 Å². The minimum absolute atomic E-state index is 0.832. The first-order chi connectivity index (χ1) is 10.8. The van der Waals surface area contributed by atoms with Crippen LogP contribution in [-0.2, 0) is 13.0 Å². The second-order valence-corrected chi connectivity index (χ2v) is 6.35. The summed E-state index contributed by atoms with van der Waals surface area (Å²) in [5.41, 5.74) is 6.43. The second kappa shape index (κ2) is 5.45. The quantitative estimate of drug-likeness (QED) is 0.704. The summed E-state index contributed by atoms with van der Waals surface area (Å²) in [6.45, 7) is 5.21. The molecule has 2 aromatic carbocycles. The Bertz CT molecular complexity index is 848. The zero-order chi connectivity index (χ0) is 15.1. The standard InChI is InChI=1S/C19H19ClN2/c1-13-16(5-3-7-18(13)20)17-6-2-4-14-12-15-8-9-21-10-11-22(15)19(14)17/h2-7,12,21H,8-11H2,1H3. The molecule has 0 saturated carbocycles. The third kappa shape index (κ3) is 2.15. The maximum absolute atomic E-state index is 6.34. The Kier molecular flexibility index (Phi) is 3.44. The average molecular weight is 311 g/mol. The lowest BCUT2D eigenvalue weighted by atomic mass is 9.98. The van der Waals surface area contributed by atoms with Crippen LogP contribution in [0.3, 0.4) is 0 Å². The van der Waals surface area contributed by atoms with Crippen LogP contribution in [-0.4, -0.2) is 17.7 Å². The Balaban J connectivity index is 2.02. The van der Waals surface area contributed by atoms with Gasteiger partial charge in [0.25, 0.3) is 0 Å². The monoisotopic (exact) mass is 310 g/mol. The summed E-state index contributed by atoms with van der Waals surface area (Å²) in [6, 6.07) is 15.1. The maximum Gasteiger partial charge on any atom is 0.0562 e. The molecule has 0 unspecified atom stereocenters. The molecule has 2 nitrogen and oxygen atoms in total. The molecule has 0 saturated heterocycles. The van der Waals surface area contributed by atoms with Crippen molar-refractivity contribution in [2.75, 3.05) is 13.1 Å². The van der Waals surface area contributed by atoms with E-state index >= 15 is 0 Å². The Labute approximate surface area is 135 Å². The summed E-state index contributed by atoms with van der Waals surface area (Å²) < 4.78 is 2.48. The fourth-order valence-electron chi connectivity index (χ4n) is 3.49. The topological polar surface area (TPSA) is 17.0 Å². The highest BCUT2D eigenvalue weighted by Crippen LogP contribution is 2.35. The largest absolute Gasteiger partial charge is 0.343 e. The molecular formula is C19H19ClN2. The molecule has 0 fully saturated rings. The van der Waals surface area contributed by atoms with Crippen LogP contribution >= 0.6 is 11.6 Å². The Morgan fingerprint density at radius 1 is 1.05 bits per heavy atom. The molecule has 1 aromatic heterocycles. The van der Waals surface area contributed by atoms with Gasteiger partial charge in [0.1, 0.15) is 0 Å². The average Bonchev–Trinajstić information content (AvgIpc) is 2.72. The Morgan fingerprint density at radius 2 is 1.86 bits per heavy atom. The first-order valence-electron chi connectivity index (χ1n) is 7.83. The highest BCUT2D eigenvalue weighted by molar-refractivity contribution is 6.31. The smallest absolute Gasteiger partial charge is 0.0562 e. The molecule has 1 N–H and O–H groups in total. The summed E-state index contributed by atoms with van der Waals surface area (Å²) in [5.74, 6) is 0. The van der Waals surface area contributed by atoms with Crippen LogP contribution in [0.1, 0.15) is 11.3 Å². The molecule has 0 amide bonds. The highest BCUT2D eigenvalue weighted by Gasteiger charge is 2.16. The van der Waals surface area contributed by atoms with Crippen LogP contribution in [0.15, 0.2) is 42.5 Å². The van der Waals surface area contributed by atoms with Crippen LogP contribution in [0.25, 0.3) is 22.0 Å². The van der Waals surface area contributed by atoms with E-state index in [1.165, 1.54) is 27.7 Å². The number of halogens is 1. The number of rotatable bonds is 1. The molecule has 112 valence electrons. The number of benzene rings is 2. The van der Waals surface area contributed by atoms with Crippen molar-refractivity contribution < 1.29 is 0 Å². The number of nitrogens with one attached hydrogen (secondary N) is 1. The van der Waals surface area contributed by atoms with Gasteiger partial charge in [0.15, 0.2) is 0 Å². The SMILES string of the molecule is Cc1c(Cl)cccc1-c1cccc2cc3n(c12)CCNCC3. The van der Waals surface area contributed by atoms with Crippen molar-refractivity contribution in [3.63, 3.8) is 0 Å². The fraction of sp³-hybridized carbons (Fsp3) is 0.263. The van der Waals surface area contributed by atoms with Crippen molar-refractivity contribution in [2.45, 2.75) is 19.9 Å². The second-order valence-electron chi connectivity index (χ2n) is 5.94. The lowest BCUT2D eigenvalue weighted by molar-refractivity contribution is 0.658. The predicted octanol–water partition coefficient (Wildman–Crippen LogP) is 4.42. The minimum Gasteiger partial charge on any atom is -0.343 e. The van der Waals surface area contributed by atoms with E-state index in [-0.39, 0.29) is 0 Å². The summed E-state index contributed by atoms with van der Waals surface area (Å²) in [4.78, 5) is 0. The molecule has 0 radical (unpaired) electrons. The van der Waals surface area contributed by atoms with E-state index in [2.05, 4.69) is 47.1 Å². The van der Waals surface area contributed by atoms with Crippen LogP contribution in [0, 0.1) is 6.92 Å². The number of aromatic nitrogens is 1. The molecule has 0 bridgehead atoms. The molecule has 4 rings (SSSR count). The van der Waals surface area contributed by atoms with E-state index in [9.17, 15) is 0 Å². The Hall–Kier alpha value is -1.77. The fourth-order valence-corrected chi connectivity index (χ4v) is 3.67. The first-order valence-corrected chi connectivity index (χ1v) is 8.21. The number of hydrogen-bond donors (Lipinski definition) is 1. The van der Waals surface area contributed by atoms with Crippen molar-refractivity contribution in [3.05, 3.63) is 58.7 Å². The predicted molar refractivity (Wildman–Crippen MR) is 93.7 cm³/mol. The number of fused-ring (bicyclic) bond motifs is 3. The Morgan fingerprint density at radius 3 is 2.77 bits per heavy atom. The molecular weight excluding hydrogens is 292 g/mol. The number of para-hydroxylation sites is 1. The van der Waals surface area contributed by atoms with Gasteiger partial charge in [-0.3, -0.25) is 0 Å². The van der Waals surface area contributed by atoms with Crippen molar-refractivity contribution in [1.29, 1.82) is 0 Å². The van der Waals surface area contributed by atoms with Gasteiger partial charge in [0.2, 0.25) is 0 Å². The van der Waals surface area contributed by atoms with Crippen LogP contribution in [0.5, 0.6) is 0 Å². The molecule has 1 aliphatic rings. The lowest BCUT2D eigenvalue weighted by Gasteiger charge is -2.13. The molecule has 1 aliphatic heterocycles. The zero-order valence-corrected chi connectivity index (χ0v) is 13.5. The van der Waals surface area contributed by atoms with Crippen molar-refractivity contribution in [3.8, 4) is 11.1 Å². The molecule has 0 spiro atoms. The van der Waals surface area contributed by atoms with Crippen LogP contribution in [0.2, 0.25) is 5.02 Å². The molecule has 22 heavy (non-hydrogen) atoms. The van der Waals surface area contributed by atoms with Gasteiger partial charge in [-0.15, -0.1) is 0 Å². The minimum atomic E-state index is 0.832. The lowest BCUT2D eigenvalue weighted by Crippen LogP contribution is -2.17. The number of nitrogens with zero attached hydrogens (tertiary/aromatic N) is 1. The van der Waals surface area contributed by atoms with Crippen LogP contribution in [0.4, 0.5) is 0 Å². The molecule has 3 aromatic rings. The summed E-state index contributed by atoms with van der Waals surface area (Å²) in [5, 5.41) is 5.64. The third-order valence-electron chi connectivity index (χ3n) is 4.63. The van der Waals surface area contributed by atoms with E-state index in [0.717, 1.165) is 36.6 Å². The molecule has 2 heterocycles. The summed E-state index contributed by atoms with van der Waals surface area (Å²) >= 11 is 6.34. The summed E-state index contributed by atoms with van der Waals surface area (Å²) in [6.07, 6.45) is 1.09. The molecule has 0 atom stereocenters. The van der Waals surface area contributed by atoms with Gasteiger partial charge >= 0.3 is 0 Å². The molecule has 0 aliphatic carbocycles. The highest BCUT2D eigenvalue weighted by atomic mass is 35.5. The summed E-state index contributed by atoms with van der Waals surface area (Å²) in [7, 11) is 0. The zero-order valence-electron chi connectivity index (χ0n) is 12.7. The van der Waals surface area contributed by atoms with Gasteiger partial charge in [0.05, 0.1) is 5.52 Å². The van der Waals surface area contributed by atoms with Gasteiger partial charge in [-0.05, 0) is 30.2 Å². The van der Waals surface area contributed by atoms with Gasteiger partial charge < -0.3 is 9.88 Å². The van der Waals surface area contributed by atoms with Gasteiger partial charge in [-0.25, -0.2) is 0 Å². The van der Waals surface area contributed by atoms with Gasteiger partial charge in [-0.2, -0.15) is 0 Å². The normalized spacial score (nSPS) is 14.8. The van der Waals surface area contributed by atoms with E-state index in [1.54, 1.807) is 0 Å². The van der Waals surface area contributed by atoms with E-state index in [1.807, 2.05) is 12.1 Å². The van der Waals surface area contributed by atoms with E-state index < -0.39 is 0 Å². The van der Waals surface area contributed by atoms with E-state index in [0.29, 0.717) is 0 Å². The number of hydrogen-bond acceptors (Lipinski definition) is 1. The third-order valence-corrected chi connectivity index (χ3v) is 5.04. The first kappa shape index (κ1) is 13.9.